The van der Waals surface area contributed by atoms with E-state index >= 15 is 0 Å². The second-order valence-electron chi connectivity index (χ2n) is 11.1. The van der Waals surface area contributed by atoms with E-state index in [0.29, 0.717) is 54.1 Å². The van der Waals surface area contributed by atoms with Crippen LogP contribution in [0.4, 0.5) is 0 Å². The van der Waals surface area contributed by atoms with E-state index in [0.717, 1.165) is 36.6 Å². The number of methoxy groups -OCH3 is 1. The summed E-state index contributed by atoms with van der Waals surface area (Å²) in [4.78, 5) is 27.4. The number of para-hydroxylation sites is 1. The summed E-state index contributed by atoms with van der Waals surface area (Å²) in [6, 6.07) is 10.7. The van der Waals surface area contributed by atoms with E-state index in [-0.39, 0.29) is 23.8 Å². The number of hydrogen-bond donors (Lipinski definition) is 1. The van der Waals surface area contributed by atoms with Gasteiger partial charge in [-0.15, -0.1) is 0 Å². The van der Waals surface area contributed by atoms with Crippen molar-refractivity contribution in [2.24, 2.45) is 23.2 Å². The molecule has 0 spiro atoms. The molecule has 2 aromatic carbocycles. The number of hydrazine groups is 1. The van der Waals surface area contributed by atoms with Crippen molar-refractivity contribution in [1.29, 1.82) is 0 Å². The van der Waals surface area contributed by atoms with Gasteiger partial charge in [-0.25, -0.2) is 0 Å². The third-order valence-electron chi connectivity index (χ3n) is 8.43. The van der Waals surface area contributed by atoms with Gasteiger partial charge in [-0.2, -0.15) is 5.01 Å². The number of hydrogen-bond acceptors (Lipinski definition) is 6. The number of nitrogens with zero attached hydrogens (tertiary/aromatic N) is 1. The number of carbonyl (C=O) groups excluding carboxylic acids is 2. The van der Waals surface area contributed by atoms with E-state index in [1.54, 1.807) is 37.5 Å². The minimum Gasteiger partial charge on any atom is -0.493 e. The molecule has 0 radical (unpaired) electrons. The molecule has 204 valence electrons. The lowest BCUT2D eigenvalue weighted by molar-refractivity contribution is -0.152. The number of nitrogens with one attached hydrogen (secondary N) is 1. The zero-order valence-corrected chi connectivity index (χ0v) is 24.5. The molecule has 6 nitrogen and oxygen atoms in total. The fourth-order valence-corrected chi connectivity index (χ4v) is 8.70. The predicted molar refractivity (Wildman–Crippen MR) is 158 cm³/mol. The highest BCUT2D eigenvalue weighted by Crippen LogP contribution is 2.60. The Labute approximate surface area is 247 Å². The first-order valence-corrected chi connectivity index (χ1v) is 15.1. The average Bonchev–Trinajstić information content (AvgIpc) is 3.15. The Morgan fingerprint density at radius 1 is 1.15 bits per heavy atom. The van der Waals surface area contributed by atoms with Crippen LogP contribution in [0.5, 0.6) is 11.5 Å². The van der Waals surface area contributed by atoms with E-state index in [2.05, 4.69) is 5.43 Å². The lowest BCUT2D eigenvalue weighted by Gasteiger charge is -2.55. The molecule has 1 saturated heterocycles. The van der Waals surface area contributed by atoms with Crippen LogP contribution < -0.4 is 14.9 Å². The maximum absolute atomic E-state index is 13.6. The molecule has 39 heavy (non-hydrogen) atoms. The molecule has 4 aliphatic carbocycles. The SMILES string of the molecule is COc1cccc(/C=C2/SC(=S)N(NC(=O)C34CC5CC(CC(C5)C3)C4)C2=O)c1OCc1ccc(Cl)cc1Cl. The van der Waals surface area contributed by atoms with Crippen molar-refractivity contribution in [2.45, 2.75) is 45.1 Å². The molecule has 0 aromatic heterocycles. The molecule has 0 unspecified atom stereocenters. The van der Waals surface area contributed by atoms with E-state index in [1.165, 1.54) is 24.3 Å². The largest absolute Gasteiger partial charge is 0.493 e. The van der Waals surface area contributed by atoms with Gasteiger partial charge < -0.3 is 9.47 Å². The normalized spacial score (nSPS) is 28.3. The summed E-state index contributed by atoms with van der Waals surface area (Å²) >= 11 is 19.0. The number of thioether (sulfide) groups is 1. The maximum Gasteiger partial charge on any atom is 0.285 e. The Hall–Kier alpha value is -2.26. The number of thiocarbonyl (C=S) groups is 1. The van der Waals surface area contributed by atoms with Crippen LogP contribution in [0.15, 0.2) is 41.3 Å². The Kier molecular flexibility index (Phi) is 7.33. The summed E-state index contributed by atoms with van der Waals surface area (Å²) in [6.07, 6.45) is 8.19. The summed E-state index contributed by atoms with van der Waals surface area (Å²) in [5.74, 6) is 2.45. The van der Waals surface area contributed by atoms with E-state index in [1.807, 2.05) is 12.1 Å². The van der Waals surface area contributed by atoms with Gasteiger partial charge in [0.15, 0.2) is 15.8 Å². The Balaban J connectivity index is 1.21. The van der Waals surface area contributed by atoms with Crippen LogP contribution in [0.3, 0.4) is 0 Å². The molecule has 2 aromatic rings. The van der Waals surface area contributed by atoms with Gasteiger partial charge in [0.25, 0.3) is 5.91 Å². The van der Waals surface area contributed by atoms with Gasteiger partial charge in [0.2, 0.25) is 5.91 Å². The molecule has 5 fully saturated rings. The third-order valence-corrected chi connectivity index (χ3v) is 10.3. The highest BCUT2D eigenvalue weighted by Gasteiger charge is 2.55. The lowest BCUT2D eigenvalue weighted by atomic mass is 9.49. The summed E-state index contributed by atoms with van der Waals surface area (Å²) in [5, 5.41) is 2.27. The van der Waals surface area contributed by atoms with Gasteiger partial charge in [-0.05, 0) is 92.8 Å². The first kappa shape index (κ1) is 26.9. The van der Waals surface area contributed by atoms with Crippen LogP contribution in [0.1, 0.15) is 49.7 Å². The number of benzene rings is 2. The fourth-order valence-electron chi connectivity index (χ4n) is 7.06. The molecule has 4 saturated carbocycles. The van der Waals surface area contributed by atoms with Gasteiger partial charge in [-0.1, -0.05) is 53.2 Å². The van der Waals surface area contributed by atoms with Crippen LogP contribution in [0.25, 0.3) is 6.08 Å². The molecule has 5 aliphatic rings. The molecule has 4 bridgehead atoms. The number of halogens is 2. The standard InChI is InChI=1S/C29H28Cl2N2O4S2/c1-36-23-4-2-3-19(25(23)37-15-20-5-6-21(30)11-22(20)31)10-24-26(34)33(28(38)39-24)32-27(35)29-12-16-7-17(13-29)9-18(8-16)14-29/h2-6,10-11,16-18H,7-9,12-15H2,1H3,(H,32,35)/b24-10+. The number of amides is 2. The van der Waals surface area contributed by atoms with Crippen LogP contribution in [-0.2, 0) is 16.2 Å². The average molecular weight is 604 g/mol. The molecule has 1 N–H and O–H groups in total. The summed E-state index contributed by atoms with van der Waals surface area (Å²) in [5.41, 5.74) is 3.94. The Morgan fingerprint density at radius 2 is 1.85 bits per heavy atom. The fraction of sp³-hybridized carbons (Fsp3) is 0.414. The topological polar surface area (TPSA) is 67.9 Å². The second kappa shape index (κ2) is 10.6. The minimum absolute atomic E-state index is 0.0654. The Morgan fingerprint density at radius 3 is 2.49 bits per heavy atom. The molecule has 1 heterocycles. The first-order valence-electron chi connectivity index (χ1n) is 13.1. The van der Waals surface area contributed by atoms with Gasteiger partial charge >= 0.3 is 0 Å². The van der Waals surface area contributed by atoms with Crippen molar-refractivity contribution in [2.75, 3.05) is 7.11 Å². The summed E-state index contributed by atoms with van der Waals surface area (Å²) < 4.78 is 12.0. The quantitative estimate of drug-likeness (QED) is 0.271. The molecule has 1 aliphatic heterocycles. The van der Waals surface area contributed by atoms with E-state index < -0.39 is 0 Å². The van der Waals surface area contributed by atoms with Gasteiger partial charge in [0, 0.05) is 21.2 Å². The van der Waals surface area contributed by atoms with Crippen LogP contribution >= 0.6 is 47.2 Å². The van der Waals surface area contributed by atoms with Crippen molar-refractivity contribution in [3.05, 3.63) is 62.5 Å². The molecular formula is C29H28Cl2N2O4S2. The van der Waals surface area contributed by atoms with Crippen LogP contribution in [0.2, 0.25) is 10.0 Å². The first-order chi connectivity index (χ1) is 18.7. The van der Waals surface area contributed by atoms with Crippen molar-refractivity contribution >= 4 is 69.4 Å². The minimum atomic E-state index is -0.376. The summed E-state index contributed by atoms with van der Waals surface area (Å²) in [6.45, 7) is 0.180. The van der Waals surface area contributed by atoms with E-state index in [4.69, 9.17) is 44.9 Å². The molecule has 0 atom stereocenters. The monoisotopic (exact) mass is 602 g/mol. The number of rotatable bonds is 7. The number of carbonyl (C=O) groups is 2. The van der Waals surface area contributed by atoms with Gasteiger partial charge in [0.1, 0.15) is 6.61 Å². The van der Waals surface area contributed by atoms with Gasteiger partial charge in [-0.3, -0.25) is 15.0 Å². The van der Waals surface area contributed by atoms with E-state index in [9.17, 15) is 9.59 Å². The molecule has 2 amide bonds. The second-order valence-corrected chi connectivity index (χ2v) is 13.6. The highest BCUT2D eigenvalue weighted by atomic mass is 35.5. The molecular weight excluding hydrogens is 575 g/mol. The predicted octanol–water partition coefficient (Wildman–Crippen LogP) is 7.03. The van der Waals surface area contributed by atoms with Crippen molar-refractivity contribution in [1.82, 2.24) is 10.4 Å². The van der Waals surface area contributed by atoms with Crippen LogP contribution in [0, 0.1) is 23.2 Å². The molecule has 10 heteroatoms. The van der Waals surface area contributed by atoms with Crippen molar-refractivity contribution in [3.8, 4) is 11.5 Å². The molecule has 7 rings (SSSR count). The third kappa shape index (κ3) is 5.17. The highest BCUT2D eigenvalue weighted by molar-refractivity contribution is 8.26. The Bertz CT molecular complexity index is 1360. The van der Waals surface area contributed by atoms with Crippen LogP contribution in [-0.4, -0.2) is 28.3 Å². The summed E-state index contributed by atoms with van der Waals surface area (Å²) in [7, 11) is 1.56. The van der Waals surface area contributed by atoms with Crippen molar-refractivity contribution in [3.63, 3.8) is 0 Å². The zero-order valence-electron chi connectivity index (χ0n) is 21.4. The number of ether oxygens (including phenoxy) is 2. The lowest BCUT2D eigenvalue weighted by Crippen LogP contribution is -2.57. The zero-order chi connectivity index (χ0) is 27.3. The maximum atomic E-state index is 13.6. The van der Waals surface area contributed by atoms with Gasteiger partial charge in [0.05, 0.1) is 17.4 Å². The smallest absolute Gasteiger partial charge is 0.285 e. The van der Waals surface area contributed by atoms with Crippen molar-refractivity contribution < 1.29 is 19.1 Å².